The summed E-state index contributed by atoms with van der Waals surface area (Å²) in [6.45, 7) is 3.03. The van der Waals surface area contributed by atoms with E-state index in [1.807, 2.05) is 19.1 Å². The second-order valence-corrected chi connectivity index (χ2v) is 6.27. The lowest BCUT2D eigenvalue weighted by molar-refractivity contribution is -0.160. The highest BCUT2D eigenvalue weighted by Gasteiger charge is 2.42. The van der Waals surface area contributed by atoms with E-state index in [9.17, 15) is 19.5 Å². The van der Waals surface area contributed by atoms with Gasteiger partial charge in [-0.2, -0.15) is 0 Å². The van der Waals surface area contributed by atoms with Crippen LogP contribution in [0, 0.1) is 5.92 Å². The summed E-state index contributed by atoms with van der Waals surface area (Å²) in [6.07, 6.45) is 0.0585. The molecule has 2 unspecified atom stereocenters. The van der Waals surface area contributed by atoms with E-state index in [1.54, 1.807) is 17.0 Å². The number of carbonyl (C=O) groups excluding carboxylic acids is 2. The van der Waals surface area contributed by atoms with Crippen molar-refractivity contribution in [3.8, 4) is 5.75 Å². The van der Waals surface area contributed by atoms with Gasteiger partial charge in [-0.05, 0) is 19.1 Å². The van der Waals surface area contributed by atoms with Gasteiger partial charge in [0, 0.05) is 19.5 Å². The second-order valence-electron chi connectivity index (χ2n) is 6.27. The summed E-state index contributed by atoms with van der Waals surface area (Å²) in [7, 11) is 0. The van der Waals surface area contributed by atoms with Gasteiger partial charge in [0.1, 0.15) is 5.75 Å². The van der Waals surface area contributed by atoms with E-state index in [0.717, 1.165) is 0 Å². The van der Waals surface area contributed by atoms with Crippen LogP contribution in [0.4, 0.5) is 5.69 Å². The van der Waals surface area contributed by atoms with Crippen molar-refractivity contribution in [2.75, 3.05) is 37.8 Å². The highest BCUT2D eigenvalue weighted by atomic mass is 16.5. The summed E-state index contributed by atoms with van der Waals surface area (Å²) in [5.41, 5.74) is 0.631. The van der Waals surface area contributed by atoms with Crippen LogP contribution in [0.1, 0.15) is 13.3 Å². The number of benzene rings is 1. The molecule has 0 saturated carbocycles. The molecule has 2 fully saturated rings. The first-order chi connectivity index (χ1) is 12.5. The predicted molar refractivity (Wildman–Crippen MR) is 92.0 cm³/mol. The number of morpholine rings is 1. The van der Waals surface area contributed by atoms with Crippen molar-refractivity contribution >= 4 is 23.5 Å². The largest absolute Gasteiger partial charge is 0.492 e. The van der Waals surface area contributed by atoms with Crippen LogP contribution in [-0.4, -0.2) is 66.7 Å². The van der Waals surface area contributed by atoms with Crippen LogP contribution in [0.3, 0.4) is 0 Å². The predicted octanol–water partition coefficient (Wildman–Crippen LogP) is 0.750. The Morgan fingerprint density at radius 2 is 2.12 bits per heavy atom. The fraction of sp³-hybridized carbons (Fsp3) is 0.500. The van der Waals surface area contributed by atoms with Gasteiger partial charge < -0.3 is 24.4 Å². The summed E-state index contributed by atoms with van der Waals surface area (Å²) in [6, 6.07) is 6.19. The Hall–Kier alpha value is -2.61. The Balaban J connectivity index is 1.77. The molecular formula is C18H22N2O6. The molecule has 2 saturated heterocycles. The molecule has 0 aromatic heterocycles. The van der Waals surface area contributed by atoms with E-state index in [0.29, 0.717) is 24.7 Å². The van der Waals surface area contributed by atoms with Gasteiger partial charge in [0.2, 0.25) is 11.8 Å². The van der Waals surface area contributed by atoms with Crippen LogP contribution in [-0.2, 0) is 19.1 Å². The first-order valence-corrected chi connectivity index (χ1v) is 8.66. The molecular weight excluding hydrogens is 340 g/mol. The number of rotatable bonds is 5. The van der Waals surface area contributed by atoms with E-state index >= 15 is 0 Å². The maximum Gasteiger partial charge on any atom is 0.328 e. The number of aliphatic carboxylic acids is 1. The molecule has 2 aliphatic heterocycles. The van der Waals surface area contributed by atoms with Crippen LogP contribution in [0.2, 0.25) is 0 Å². The standard InChI is InChI=1S/C18H22N2O6/c1-2-26-15-6-4-3-5-13(15)20-10-12(9-16(20)21)17(22)19-7-8-25-11-14(19)18(23)24/h3-6,12,14H,2,7-11H2,1H3,(H,23,24). The molecule has 2 amide bonds. The molecule has 0 radical (unpaired) electrons. The average molecular weight is 362 g/mol. The molecule has 8 nitrogen and oxygen atoms in total. The van der Waals surface area contributed by atoms with Crippen LogP contribution < -0.4 is 9.64 Å². The molecule has 26 heavy (non-hydrogen) atoms. The van der Waals surface area contributed by atoms with E-state index in [-0.39, 0.29) is 37.9 Å². The van der Waals surface area contributed by atoms with Crippen molar-refractivity contribution in [2.24, 2.45) is 5.92 Å². The summed E-state index contributed by atoms with van der Waals surface area (Å²) >= 11 is 0. The number of carboxylic acid groups (broad SMARTS) is 1. The van der Waals surface area contributed by atoms with E-state index in [4.69, 9.17) is 9.47 Å². The minimum absolute atomic E-state index is 0.0291. The molecule has 0 aliphatic carbocycles. The molecule has 140 valence electrons. The monoisotopic (exact) mass is 362 g/mol. The zero-order chi connectivity index (χ0) is 18.7. The van der Waals surface area contributed by atoms with Gasteiger partial charge in [-0.3, -0.25) is 9.59 Å². The minimum Gasteiger partial charge on any atom is -0.492 e. The third-order valence-electron chi connectivity index (χ3n) is 4.63. The lowest BCUT2D eigenvalue weighted by Crippen LogP contribution is -2.54. The third-order valence-corrected chi connectivity index (χ3v) is 4.63. The Bertz CT molecular complexity index is 707. The highest BCUT2D eigenvalue weighted by Crippen LogP contribution is 2.33. The summed E-state index contributed by atoms with van der Waals surface area (Å²) in [5.74, 6) is -1.56. The molecule has 2 atom stereocenters. The summed E-state index contributed by atoms with van der Waals surface area (Å²) in [4.78, 5) is 39.6. The maximum atomic E-state index is 12.8. The summed E-state index contributed by atoms with van der Waals surface area (Å²) in [5, 5.41) is 9.31. The fourth-order valence-electron chi connectivity index (χ4n) is 3.37. The number of carbonyl (C=O) groups is 3. The van der Waals surface area contributed by atoms with Gasteiger partial charge in [0.25, 0.3) is 0 Å². The van der Waals surface area contributed by atoms with Crippen molar-refractivity contribution in [3.05, 3.63) is 24.3 Å². The molecule has 1 aromatic rings. The van der Waals surface area contributed by atoms with Gasteiger partial charge in [0.05, 0.1) is 31.4 Å². The first-order valence-electron chi connectivity index (χ1n) is 8.66. The molecule has 3 rings (SSSR count). The molecule has 8 heteroatoms. The number of hydrogen-bond donors (Lipinski definition) is 1. The van der Waals surface area contributed by atoms with E-state index < -0.39 is 17.9 Å². The van der Waals surface area contributed by atoms with Gasteiger partial charge >= 0.3 is 5.97 Å². The molecule has 1 N–H and O–H groups in total. The number of anilines is 1. The number of para-hydroxylation sites is 2. The Morgan fingerprint density at radius 1 is 1.35 bits per heavy atom. The zero-order valence-corrected chi connectivity index (χ0v) is 14.6. The van der Waals surface area contributed by atoms with Crippen LogP contribution >= 0.6 is 0 Å². The topological polar surface area (TPSA) is 96.4 Å². The van der Waals surface area contributed by atoms with E-state index in [2.05, 4.69) is 0 Å². The number of ether oxygens (including phenoxy) is 2. The number of nitrogens with zero attached hydrogens (tertiary/aromatic N) is 2. The first kappa shape index (κ1) is 18.2. The number of amides is 2. The molecule has 2 aliphatic rings. The quantitative estimate of drug-likeness (QED) is 0.830. The Morgan fingerprint density at radius 3 is 2.85 bits per heavy atom. The van der Waals surface area contributed by atoms with Crippen molar-refractivity contribution in [1.82, 2.24) is 4.90 Å². The Kier molecular flexibility index (Phi) is 5.41. The smallest absolute Gasteiger partial charge is 0.328 e. The van der Waals surface area contributed by atoms with Gasteiger partial charge in [-0.15, -0.1) is 0 Å². The summed E-state index contributed by atoms with van der Waals surface area (Å²) < 4.78 is 10.7. The highest BCUT2D eigenvalue weighted by molar-refractivity contribution is 6.01. The van der Waals surface area contributed by atoms with Crippen molar-refractivity contribution in [2.45, 2.75) is 19.4 Å². The normalized spacial score (nSPS) is 23.2. The van der Waals surface area contributed by atoms with Crippen LogP contribution in [0.25, 0.3) is 0 Å². The number of carboxylic acids is 1. The third kappa shape index (κ3) is 3.50. The van der Waals surface area contributed by atoms with Gasteiger partial charge in [0.15, 0.2) is 6.04 Å². The van der Waals surface area contributed by atoms with Crippen molar-refractivity contribution in [1.29, 1.82) is 0 Å². The van der Waals surface area contributed by atoms with Crippen molar-refractivity contribution < 1.29 is 29.0 Å². The minimum atomic E-state index is -1.10. The maximum absolute atomic E-state index is 12.8. The molecule has 0 spiro atoms. The van der Waals surface area contributed by atoms with E-state index in [1.165, 1.54) is 4.90 Å². The second kappa shape index (κ2) is 7.74. The van der Waals surface area contributed by atoms with Gasteiger partial charge in [-0.25, -0.2) is 4.79 Å². The Labute approximate surface area is 151 Å². The lowest BCUT2D eigenvalue weighted by atomic mass is 10.1. The molecule has 0 bridgehead atoms. The fourth-order valence-corrected chi connectivity index (χ4v) is 3.37. The molecule has 1 aromatic carbocycles. The average Bonchev–Trinajstić information content (AvgIpc) is 3.03. The van der Waals surface area contributed by atoms with Gasteiger partial charge in [-0.1, -0.05) is 12.1 Å². The van der Waals surface area contributed by atoms with Crippen molar-refractivity contribution in [3.63, 3.8) is 0 Å². The lowest BCUT2D eigenvalue weighted by Gasteiger charge is -2.34. The van der Waals surface area contributed by atoms with Crippen LogP contribution in [0.5, 0.6) is 5.75 Å². The zero-order valence-electron chi connectivity index (χ0n) is 14.6. The molecule has 2 heterocycles. The SMILES string of the molecule is CCOc1ccccc1N1CC(C(=O)N2CCOCC2C(=O)O)CC1=O. The number of hydrogen-bond acceptors (Lipinski definition) is 5. The van der Waals surface area contributed by atoms with Crippen LogP contribution in [0.15, 0.2) is 24.3 Å².